The molecular weight excluding hydrogens is 538 g/mol. The Labute approximate surface area is 241 Å². The maximum Gasteiger partial charge on any atom is 0.330 e. The minimum atomic E-state index is -0.744. The lowest BCUT2D eigenvalue weighted by Crippen LogP contribution is -2.45. The Morgan fingerprint density at radius 2 is 1.76 bits per heavy atom. The van der Waals surface area contributed by atoms with E-state index in [1.54, 1.807) is 6.07 Å². The summed E-state index contributed by atoms with van der Waals surface area (Å²) in [5.41, 5.74) is 1.52. The number of methoxy groups -OCH3 is 1. The van der Waals surface area contributed by atoms with Gasteiger partial charge in [0.1, 0.15) is 11.3 Å². The molecule has 3 heterocycles. The number of nitrogens with zero attached hydrogens (tertiary/aromatic N) is 4. The lowest BCUT2D eigenvalue weighted by molar-refractivity contribution is -0.122. The third-order valence-corrected chi connectivity index (χ3v) is 7.20. The second kappa shape index (κ2) is 12.2. The first-order chi connectivity index (χ1) is 20.3. The number of hydrogen-bond acceptors (Lipinski definition) is 8. The molecule has 3 N–H and O–H groups in total. The van der Waals surface area contributed by atoms with E-state index in [2.05, 4.69) is 25.9 Å². The van der Waals surface area contributed by atoms with Gasteiger partial charge >= 0.3 is 5.69 Å². The predicted octanol–water partition coefficient (Wildman–Crippen LogP) is 1.84. The molecule has 2 aromatic heterocycles. The molecule has 0 radical (unpaired) electrons. The number of carbonyl (C=O) groups excluding carboxylic acids is 2. The fourth-order valence-electron chi connectivity index (χ4n) is 4.93. The van der Waals surface area contributed by atoms with Crippen LogP contribution in [-0.4, -0.2) is 50.6 Å². The number of hydrogen-bond donors (Lipinski definition) is 3. The zero-order chi connectivity index (χ0) is 29.8. The SMILES string of the molecule is COc1nc(NC(=O)c2c(-c3cccc(-c4ccccc4)c3)n(C)c(=O)n(C)c2=O)cnc1CNC1CCC(=O)NC1. The molecule has 0 aliphatic carbocycles. The van der Waals surface area contributed by atoms with Crippen LogP contribution in [0.4, 0.5) is 5.82 Å². The fraction of sp³-hybridized carbons (Fsp3) is 0.267. The summed E-state index contributed by atoms with van der Waals surface area (Å²) >= 11 is 0. The van der Waals surface area contributed by atoms with Gasteiger partial charge in [-0.05, 0) is 29.2 Å². The van der Waals surface area contributed by atoms with Crippen molar-refractivity contribution in [1.82, 2.24) is 29.7 Å². The molecule has 1 saturated heterocycles. The molecule has 1 aliphatic heterocycles. The molecule has 216 valence electrons. The van der Waals surface area contributed by atoms with E-state index in [-0.39, 0.29) is 34.9 Å². The number of carbonyl (C=O) groups is 2. The van der Waals surface area contributed by atoms with Crippen LogP contribution in [0, 0.1) is 0 Å². The Bertz CT molecular complexity index is 1750. The minimum Gasteiger partial charge on any atom is -0.480 e. The first-order valence-electron chi connectivity index (χ1n) is 13.4. The Hall–Kier alpha value is -5.10. The van der Waals surface area contributed by atoms with Crippen molar-refractivity contribution in [2.24, 2.45) is 14.1 Å². The van der Waals surface area contributed by atoms with Gasteiger partial charge in [-0.25, -0.2) is 4.79 Å². The van der Waals surface area contributed by atoms with Crippen LogP contribution in [0.3, 0.4) is 0 Å². The molecule has 1 atom stereocenters. The molecule has 42 heavy (non-hydrogen) atoms. The van der Waals surface area contributed by atoms with E-state index in [0.717, 1.165) is 15.7 Å². The fourth-order valence-corrected chi connectivity index (χ4v) is 4.93. The number of ether oxygens (including phenoxy) is 1. The molecule has 12 heteroatoms. The van der Waals surface area contributed by atoms with Gasteiger partial charge in [0, 0.05) is 39.6 Å². The maximum absolute atomic E-state index is 13.6. The first-order valence-corrected chi connectivity index (χ1v) is 13.4. The number of rotatable bonds is 8. The Morgan fingerprint density at radius 1 is 1.02 bits per heavy atom. The lowest BCUT2D eigenvalue weighted by atomic mass is 9.99. The summed E-state index contributed by atoms with van der Waals surface area (Å²) in [5, 5.41) is 8.80. The molecule has 5 rings (SSSR count). The van der Waals surface area contributed by atoms with Crippen molar-refractivity contribution in [3.05, 3.63) is 92.9 Å². The average Bonchev–Trinajstić information content (AvgIpc) is 3.02. The Kier molecular flexibility index (Phi) is 8.25. The van der Waals surface area contributed by atoms with Crippen molar-refractivity contribution in [3.8, 4) is 28.3 Å². The molecule has 4 aromatic rings. The molecule has 0 spiro atoms. The van der Waals surface area contributed by atoms with Crippen LogP contribution in [-0.2, 0) is 25.4 Å². The predicted molar refractivity (Wildman–Crippen MR) is 157 cm³/mol. The molecular formula is C30H31N7O5. The van der Waals surface area contributed by atoms with Gasteiger partial charge in [0.15, 0.2) is 5.82 Å². The van der Waals surface area contributed by atoms with Crippen LogP contribution in [0.25, 0.3) is 22.4 Å². The molecule has 2 amide bonds. The number of nitrogens with one attached hydrogen (secondary N) is 3. The van der Waals surface area contributed by atoms with E-state index >= 15 is 0 Å². The van der Waals surface area contributed by atoms with E-state index in [4.69, 9.17) is 4.74 Å². The van der Waals surface area contributed by atoms with Crippen LogP contribution in [0.1, 0.15) is 28.9 Å². The molecule has 2 aromatic carbocycles. The van der Waals surface area contributed by atoms with Crippen molar-refractivity contribution in [2.45, 2.75) is 25.4 Å². The Balaban J connectivity index is 1.45. The normalized spacial score (nSPS) is 14.7. The van der Waals surface area contributed by atoms with Gasteiger partial charge in [0.2, 0.25) is 11.8 Å². The van der Waals surface area contributed by atoms with Gasteiger partial charge in [-0.15, -0.1) is 0 Å². The van der Waals surface area contributed by atoms with Crippen molar-refractivity contribution in [3.63, 3.8) is 0 Å². The summed E-state index contributed by atoms with van der Waals surface area (Å²) in [6.07, 6.45) is 2.54. The third-order valence-electron chi connectivity index (χ3n) is 7.20. The molecule has 0 bridgehead atoms. The largest absolute Gasteiger partial charge is 0.480 e. The van der Waals surface area contributed by atoms with Crippen LogP contribution in [0.15, 0.2) is 70.4 Å². The zero-order valence-electron chi connectivity index (χ0n) is 23.5. The maximum atomic E-state index is 13.6. The van der Waals surface area contributed by atoms with E-state index in [0.29, 0.717) is 37.2 Å². The summed E-state index contributed by atoms with van der Waals surface area (Å²) in [4.78, 5) is 60.1. The number of benzene rings is 2. The summed E-state index contributed by atoms with van der Waals surface area (Å²) < 4.78 is 7.59. The van der Waals surface area contributed by atoms with E-state index < -0.39 is 17.2 Å². The number of aromatic nitrogens is 4. The smallest absolute Gasteiger partial charge is 0.330 e. The number of piperidine rings is 1. The number of amides is 2. The van der Waals surface area contributed by atoms with Gasteiger partial charge < -0.3 is 20.7 Å². The molecule has 0 saturated carbocycles. The quantitative estimate of drug-likeness (QED) is 0.291. The van der Waals surface area contributed by atoms with Crippen LogP contribution >= 0.6 is 0 Å². The van der Waals surface area contributed by atoms with Gasteiger partial charge in [-0.3, -0.25) is 28.5 Å². The molecule has 12 nitrogen and oxygen atoms in total. The van der Waals surface area contributed by atoms with E-state index in [1.807, 2.05) is 48.5 Å². The summed E-state index contributed by atoms with van der Waals surface area (Å²) in [5.74, 6) is -0.438. The van der Waals surface area contributed by atoms with Gasteiger partial charge in [-0.2, -0.15) is 4.98 Å². The second-order valence-corrected chi connectivity index (χ2v) is 9.96. The minimum absolute atomic E-state index is 0.0332. The topological polar surface area (TPSA) is 149 Å². The van der Waals surface area contributed by atoms with Crippen LogP contribution in [0.2, 0.25) is 0 Å². The molecule has 1 unspecified atom stereocenters. The van der Waals surface area contributed by atoms with Gasteiger partial charge in [0.05, 0.1) is 19.0 Å². The molecule has 1 fully saturated rings. The van der Waals surface area contributed by atoms with Crippen molar-refractivity contribution >= 4 is 17.6 Å². The highest BCUT2D eigenvalue weighted by atomic mass is 16.5. The van der Waals surface area contributed by atoms with Crippen LogP contribution in [0.5, 0.6) is 5.88 Å². The van der Waals surface area contributed by atoms with Crippen molar-refractivity contribution < 1.29 is 14.3 Å². The van der Waals surface area contributed by atoms with E-state index in [1.165, 1.54) is 32.0 Å². The summed E-state index contributed by atoms with van der Waals surface area (Å²) in [6, 6.07) is 17.1. The highest BCUT2D eigenvalue weighted by molar-refractivity contribution is 6.07. The lowest BCUT2D eigenvalue weighted by Gasteiger charge is -2.23. The van der Waals surface area contributed by atoms with Crippen molar-refractivity contribution in [2.75, 3.05) is 19.0 Å². The van der Waals surface area contributed by atoms with Crippen LogP contribution < -0.4 is 31.9 Å². The first kappa shape index (κ1) is 28.4. The highest BCUT2D eigenvalue weighted by Gasteiger charge is 2.25. The van der Waals surface area contributed by atoms with E-state index in [9.17, 15) is 19.2 Å². The zero-order valence-corrected chi connectivity index (χ0v) is 23.5. The summed E-state index contributed by atoms with van der Waals surface area (Å²) in [6.45, 7) is 0.863. The van der Waals surface area contributed by atoms with Crippen molar-refractivity contribution in [1.29, 1.82) is 0 Å². The standard InChI is InChI=1S/C30H31N7O5/c1-36-26(20-11-7-10-19(14-20)18-8-5-4-6-9-18)25(29(40)37(2)30(36)41)27(39)34-23-17-32-22(28(35-23)42-3)16-31-21-12-13-24(38)33-15-21/h4-11,14,17,21,31H,12-13,15-16H2,1-3H3,(H,33,38)(H,34,35,39). The Morgan fingerprint density at radius 3 is 2.48 bits per heavy atom. The third kappa shape index (κ3) is 5.84. The molecule has 1 aliphatic rings. The summed E-state index contributed by atoms with van der Waals surface area (Å²) in [7, 11) is 4.29. The van der Waals surface area contributed by atoms with Gasteiger partial charge in [-0.1, -0.05) is 48.5 Å². The number of anilines is 1. The second-order valence-electron chi connectivity index (χ2n) is 9.96. The monoisotopic (exact) mass is 569 g/mol. The van der Waals surface area contributed by atoms with Gasteiger partial charge in [0.25, 0.3) is 11.5 Å². The highest BCUT2D eigenvalue weighted by Crippen LogP contribution is 2.27. The average molecular weight is 570 g/mol.